The van der Waals surface area contributed by atoms with E-state index in [9.17, 15) is 14.4 Å². The highest BCUT2D eigenvalue weighted by Crippen LogP contribution is 2.38. The average Bonchev–Trinajstić information content (AvgIpc) is 3.22. The summed E-state index contributed by atoms with van der Waals surface area (Å²) in [6.07, 6.45) is 5.94. The largest absolute Gasteiger partial charge is 0.478 e. The number of carbonyl (C=O) groups is 3. The van der Waals surface area contributed by atoms with Gasteiger partial charge in [-0.05, 0) is 68.4 Å². The highest BCUT2D eigenvalue weighted by atomic mass is 16.4. The first-order chi connectivity index (χ1) is 17.3. The third kappa shape index (κ3) is 7.15. The van der Waals surface area contributed by atoms with E-state index in [1.807, 2.05) is 30.9 Å². The Hall–Kier alpha value is -3.71. The molecule has 2 heterocycles. The molecule has 7 nitrogen and oxygen atoms in total. The Bertz CT molecular complexity index is 1090. The summed E-state index contributed by atoms with van der Waals surface area (Å²) < 4.78 is 0. The third-order valence-electron chi connectivity index (χ3n) is 6.58. The van der Waals surface area contributed by atoms with E-state index in [1.54, 1.807) is 5.57 Å². The van der Waals surface area contributed by atoms with E-state index >= 15 is 0 Å². The van der Waals surface area contributed by atoms with Crippen LogP contribution in [0.5, 0.6) is 0 Å². The molecule has 2 saturated heterocycles. The predicted molar refractivity (Wildman–Crippen MR) is 140 cm³/mol. The third-order valence-corrected chi connectivity index (χ3v) is 6.58. The maximum atomic E-state index is 12.7. The summed E-state index contributed by atoms with van der Waals surface area (Å²) in [7, 11) is 0. The molecular formula is C29H34N2O5. The van der Waals surface area contributed by atoms with E-state index in [0.29, 0.717) is 24.2 Å². The van der Waals surface area contributed by atoms with Crippen LogP contribution in [-0.4, -0.2) is 58.1 Å². The van der Waals surface area contributed by atoms with Crippen molar-refractivity contribution in [2.75, 3.05) is 13.1 Å². The number of nitrogens with zero attached hydrogens (tertiary/aromatic N) is 1. The first-order valence-corrected chi connectivity index (χ1v) is 12.4. The fourth-order valence-corrected chi connectivity index (χ4v) is 4.90. The molecule has 2 aromatic rings. The molecule has 4 rings (SSSR count). The van der Waals surface area contributed by atoms with E-state index in [1.165, 1.54) is 29.5 Å². The summed E-state index contributed by atoms with van der Waals surface area (Å²) in [6.45, 7) is 5.54. The normalized spacial score (nSPS) is 19.8. The fourth-order valence-electron chi connectivity index (χ4n) is 4.90. The van der Waals surface area contributed by atoms with Crippen molar-refractivity contribution in [2.45, 2.75) is 51.6 Å². The van der Waals surface area contributed by atoms with Crippen LogP contribution in [0.1, 0.15) is 61.0 Å². The van der Waals surface area contributed by atoms with E-state index in [-0.39, 0.29) is 5.91 Å². The number of fused-ring (bicyclic) bond motifs is 2. The van der Waals surface area contributed by atoms with Gasteiger partial charge in [-0.25, -0.2) is 9.59 Å². The molecule has 0 unspecified atom stereocenters. The molecule has 36 heavy (non-hydrogen) atoms. The zero-order valence-corrected chi connectivity index (χ0v) is 20.8. The summed E-state index contributed by atoms with van der Waals surface area (Å²) in [5, 5.41) is 19.4. The highest BCUT2D eigenvalue weighted by molar-refractivity contribution is 5.95. The molecule has 7 heteroatoms. The minimum absolute atomic E-state index is 0.116. The second-order valence-corrected chi connectivity index (χ2v) is 8.96. The molecule has 0 aromatic heterocycles. The first-order valence-electron chi connectivity index (χ1n) is 12.4. The molecule has 0 saturated carbocycles. The number of amides is 1. The van der Waals surface area contributed by atoms with Gasteiger partial charge in [-0.2, -0.15) is 0 Å². The Morgan fingerprint density at radius 2 is 1.28 bits per heavy atom. The van der Waals surface area contributed by atoms with E-state index in [2.05, 4.69) is 47.8 Å². The van der Waals surface area contributed by atoms with E-state index in [4.69, 9.17) is 10.2 Å². The molecule has 0 radical (unpaired) electrons. The molecule has 3 N–H and O–H groups in total. The SMILES string of the molecule is CCN(CC)C(=O)c1ccc(C(=C2C[C@H]3CC[C@@H](C2)N3)c2ccccc2)cc1.O=C(O)C=CC(=O)O. The molecule has 2 bridgehead atoms. The Morgan fingerprint density at radius 1 is 0.806 bits per heavy atom. The topological polar surface area (TPSA) is 107 Å². The van der Waals surface area contributed by atoms with Crippen molar-refractivity contribution in [1.82, 2.24) is 10.2 Å². The number of hydrogen-bond acceptors (Lipinski definition) is 4. The predicted octanol–water partition coefficient (Wildman–Crippen LogP) is 4.60. The second kappa shape index (κ2) is 12.8. The van der Waals surface area contributed by atoms with Crippen LogP contribution in [0.25, 0.3) is 5.57 Å². The Morgan fingerprint density at radius 3 is 1.75 bits per heavy atom. The van der Waals surface area contributed by atoms with Gasteiger partial charge in [0, 0.05) is 42.9 Å². The van der Waals surface area contributed by atoms with Crippen LogP contribution >= 0.6 is 0 Å². The lowest BCUT2D eigenvalue weighted by Crippen LogP contribution is -2.35. The maximum Gasteiger partial charge on any atom is 0.328 e. The number of carboxylic acid groups (broad SMARTS) is 2. The Balaban J connectivity index is 0.000000392. The molecule has 2 aliphatic rings. The van der Waals surface area contributed by atoms with Crippen molar-refractivity contribution >= 4 is 23.4 Å². The van der Waals surface area contributed by atoms with Crippen LogP contribution in [0.4, 0.5) is 0 Å². The molecule has 2 fully saturated rings. The molecule has 1 amide bonds. The van der Waals surface area contributed by atoms with Crippen LogP contribution in [0.3, 0.4) is 0 Å². The van der Waals surface area contributed by atoms with Gasteiger partial charge in [0.2, 0.25) is 0 Å². The molecule has 2 aliphatic heterocycles. The summed E-state index contributed by atoms with van der Waals surface area (Å²) in [6, 6.07) is 20.2. The van der Waals surface area contributed by atoms with Crippen LogP contribution in [0.2, 0.25) is 0 Å². The maximum absolute atomic E-state index is 12.7. The molecule has 0 aliphatic carbocycles. The van der Waals surface area contributed by atoms with Gasteiger partial charge in [0.1, 0.15) is 0 Å². The molecule has 2 aromatic carbocycles. The zero-order valence-electron chi connectivity index (χ0n) is 20.8. The second-order valence-electron chi connectivity index (χ2n) is 8.96. The minimum atomic E-state index is -1.26. The van der Waals surface area contributed by atoms with Gasteiger partial charge < -0.3 is 20.4 Å². The molecule has 190 valence electrons. The number of hydrogen-bond donors (Lipinski definition) is 3. The number of piperidine rings is 1. The quantitative estimate of drug-likeness (QED) is 0.490. The smallest absolute Gasteiger partial charge is 0.328 e. The number of carbonyl (C=O) groups excluding carboxylic acids is 1. The minimum Gasteiger partial charge on any atom is -0.478 e. The van der Waals surface area contributed by atoms with Crippen molar-refractivity contribution in [3.63, 3.8) is 0 Å². The van der Waals surface area contributed by atoms with Crippen LogP contribution in [0, 0.1) is 0 Å². The Labute approximate surface area is 212 Å². The molecular weight excluding hydrogens is 456 g/mol. The highest BCUT2D eigenvalue weighted by Gasteiger charge is 2.32. The lowest BCUT2D eigenvalue weighted by atomic mass is 9.86. The van der Waals surface area contributed by atoms with Crippen molar-refractivity contribution in [1.29, 1.82) is 0 Å². The van der Waals surface area contributed by atoms with Crippen LogP contribution < -0.4 is 5.32 Å². The van der Waals surface area contributed by atoms with Crippen molar-refractivity contribution in [3.8, 4) is 0 Å². The first kappa shape index (κ1) is 26.9. The number of aliphatic carboxylic acids is 2. The zero-order chi connectivity index (χ0) is 26.1. The monoisotopic (exact) mass is 490 g/mol. The summed E-state index contributed by atoms with van der Waals surface area (Å²) in [5.41, 5.74) is 6.19. The van der Waals surface area contributed by atoms with Crippen molar-refractivity contribution in [2.24, 2.45) is 0 Å². The van der Waals surface area contributed by atoms with Gasteiger partial charge in [0.05, 0.1) is 0 Å². The Kier molecular flexibility index (Phi) is 9.59. The van der Waals surface area contributed by atoms with E-state index < -0.39 is 11.9 Å². The lowest BCUT2D eigenvalue weighted by molar-refractivity contribution is -0.134. The van der Waals surface area contributed by atoms with Crippen LogP contribution in [-0.2, 0) is 9.59 Å². The van der Waals surface area contributed by atoms with Gasteiger partial charge in [-0.1, -0.05) is 48.0 Å². The van der Waals surface area contributed by atoms with Crippen molar-refractivity contribution < 1.29 is 24.6 Å². The summed E-state index contributed by atoms with van der Waals surface area (Å²) in [5.74, 6) is -2.40. The van der Waals surface area contributed by atoms with Crippen LogP contribution in [0.15, 0.2) is 72.3 Å². The van der Waals surface area contributed by atoms with Gasteiger partial charge in [-0.15, -0.1) is 0 Å². The van der Waals surface area contributed by atoms with E-state index in [0.717, 1.165) is 31.5 Å². The van der Waals surface area contributed by atoms with Gasteiger partial charge in [0.15, 0.2) is 0 Å². The standard InChI is InChI=1S/C25H30N2O.C4H4O4/c1-3-27(4-2)25(28)20-12-10-19(11-13-20)24(18-8-6-5-7-9-18)21-16-22-14-15-23(17-21)26-22;5-3(6)1-2-4(7)8/h5-13,22-23,26H,3-4,14-17H2,1-2H3;1-2H,(H,5,6)(H,7,8)/t22-,23+;. The van der Waals surface area contributed by atoms with Crippen molar-refractivity contribution in [3.05, 3.63) is 89.0 Å². The lowest BCUT2D eigenvalue weighted by Gasteiger charge is -2.27. The number of rotatable bonds is 7. The molecule has 0 spiro atoms. The number of carboxylic acids is 2. The van der Waals surface area contributed by atoms with Gasteiger partial charge in [0.25, 0.3) is 5.91 Å². The molecule has 2 atom stereocenters. The summed E-state index contributed by atoms with van der Waals surface area (Å²) in [4.78, 5) is 33.6. The van der Waals surface area contributed by atoms with Gasteiger partial charge >= 0.3 is 11.9 Å². The number of nitrogens with one attached hydrogen (secondary N) is 1. The number of benzene rings is 2. The summed E-state index contributed by atoms with van der Waals surface area (Å²) >= 11 is 0. The fraction of sp³-hybridized carbons (Fsp3) is 0.345. The average molecular weight is 491 g/mol. The van der Waals surface area contributed by atoms with Gasteiger partial charge in [-0.3, -0.25) is 4.79 Å².